The molecule has 1 fully saturated rings. The molecule has 0 aliphatic carbocycles. The molecule has 2 aromatic heterocycles. The maximum atomic E-state index is 12.7. The van der Waals surface area contributed by atoms with Gasteiger partial charge in [-0.05, 0) is 44.6 Å². The number of aliphatic carboxylic acids is 1. The van der Waals surface area contributed by atoms with Gasteiger partial charge in [0, 0.05) is 25.8 Å². The van der Waals surface area contributed by atoms with Crippen LogP contribution in [0.5, 0.6) is 0 Å². The summed E-state index contributed by atoms with van der Waals surface area (Å²) in [6.07, 6.45) is 2.14. The summed E-state index contributed by atoms with van der Waals surface area (Å²) < 4.78 is 38.8. The fraction of sp³-hybridized carbons (Fsp3) is 0.500. The molecular formula is C18H23F3N4O4. The molecule has 1 aliphatic heterocycles. The first-order valence-corrected chi connectivity index (χ1v) is 8.79. The lowest BCUT2D eigenvalue weighted by molar-refractivity contribution is -0.192. The number of likely N-dealkylation sites (N-methyl/N-ethyl adjacent to an activating group) is 1. The van der Waals surface area contributed by atoms with Gasteiger partial charge in [-0.15, -0.1) is 0 Å². The summed E-state index contributed by atoms with van der Waals surface area (Å²) in [7, 11) is 6.05. The van der Waals surface area contributed by atoms with Gasteiger partial charge in [-0.1, -0.05) is 0 Å². The van der Waals surface area contributed by atoms with Crippen molar-refractivity contribution >= 4 is 11.9 Å². The normalized spacial score (nSPS) is 19.2. The first kappa shape index (κ1) is 22.5. The summed E-state index contributed by atoms with van der Waals surface area (Å²) in [6.45, 7) is 0.757. The van der Waals surface area contributed by atoms with Gasteiger partial charge in [-0.25, -0.2) is 4.79 Å². The van der Waals surface area contributed by atoms with Gasteiger partial charge < -0.3 is 19.3 Å². The fourth-order valence-electron chi connectivity index (χ4n) is 3.30. The van der Waals surface area contributed by atoms with E-state index in [-0.39, 0.29) is 11.9 Å². The monoisotopic (exact) mass is 416 g/mol. The molecule has 1 amide bonds. The van der Waals surface area contributed by atoms with Gasteiger partial charge in [0.05, 0.1) is 18.5 Å². The lowest BCUT2D eigenvalue weighted by Crippen LogP contribution is -2.45. The molecule has 0 bridgehead atoms. The zero-order valence-corrected chi connectivity index (χ0v) is 16.3. The van der Waals surface area contributed by atoms with Gasteiger partial charge in [0.15, 0.2) is 5.76 Å². The summed E-state index contributed by atoms with van der Waals surface area (Å²) in [4.78, 5) is 25.7. The topological polar surface area (TPSA) is 91.8 Å². The highest BCUT2D eigenvalue weighted by Crippen LogP contribution is 2.26. The number of carbonyl (C=O) groups excluding carboxylic acids is 1. The predicted octanol–water partition coefficient (Wildman–Crippen LogP) is 2.03. The van der Waals surface area contributed by atoms with Gasteiger partial charge in [-0.2, -0.15) is 18.3 Å². The van der Waals surface area contributed by atoms with Crippen LogP contribution in [0.3, 0.4) is 0 Å². The molecular weight excluding hydrogens is 393 g/mol. The lowest BCUT2D eigenvalue weighted by Gasteiger charge is -2.30. The molecule has 2 atom stereocenters. The molecule has 0 saturated carbocycles. The molecule has 160 valence electrons. The van der Waals surface area contributed by atoms with Crippen LogP contribution in [0.15, 0.2) is 35.2 Å². The Morgan fingerprint density at radius 2 is 2.03 bits per heavy atom. The molecule has 0 unspecified atom stereocenters. The van der Waals surface area contributed by atoms with Crippen molar-refractivity contribution in [2.45, 2.75) is 31.1 Å². The highest BCUT2D eigenvalue weighted by Gasteiger charge is 2.39. The Bertz CT molecular complexity index is 817. The summed E-state index contributed by atoms with van der Waals surface area (Å²) in [5, 5.41) is 11.4. The average molecular weight is 416 g/mol. The molecule has 2 aromatic rings. The molecule has 3 rings (SSSR count). The van der Waals surface area contributed by atoms with E-state index in [1.807, 2.05) is 24.3 Å². The molecule has 1 N–H and O–H groups in total. The van der Waals surface area contributed by atoms with Crippen LogP contribution < -0.4 is 0 Å². The van der Waals surface area contributed by atoms with Crippen molar-refractivity contribution in [3.05, 3.63) is 42.1 Å². The summed E-state index contributed by atoms with van der Waals surface area (Å²) in [5.41, 5.74) is 1.15. The molecule has 11 heteroatoms. The Morgan fingerprint density at radius 1 is 1.38 bits per heavy atom. The number of nitrogens with zero attached hydrogens (tertiary/aromatic N) is 4. The zero-order chi connectivity index (χ0) is 21.8. The van der Waals surface area contributed by atoms with E-state index in [1.165, 1.54) is 0 Å². The number of aromatic nitrogens is 2. The third kappa shape index (κ3) is 5.83. The number of likely N-dealkylation sites (tertiary alicyclic amines) is 1. The SMILES string of the molecule is CN(C)[C@@H]1CCN(C(=O)c2ccco2)[C@H]1Cc1cnn(C)c1.O=C(O)C(F)(F)F. The molecule has 0 radical (unpaired) electrons. The van der Waals surface area contributed by atoms with Crippen LogP contribution in [0, 0.1) is 0 Å². The molecule has 3 heterocycles. The number of hydrogen-bond donors (Lipinski definition) is 1. The smallest absolute Gasteiger partial charge is 0.475 e. The van der Waals surface area contributed by atoms with Gasteiger partial charge in [-0.3, -0.25) is 9.48 Å². The fourth-order valence-corrected chi connectivity index (χ4v) is 3.30. The molecule has 0 spiro atoms. The second-order valence-electron chi connectivity index (χ2n) is 6.89. The highest BCUT2D eigenvalue weighted by molar-refractivity contribution is 5.92. The van der Waals surface area contributed by atoms with Crippen LogP contribution in [0.4, 0.5) is 13.2 Å². The lowest BCUT2D eigenvalue weighted by atomic mass is 10.0. The van der Waals surface area contributed by atoms with Crippen molar-refractivity contribution in [3.8, 4) is 0 Å². The summed E-state index contributed by atoms with van der Waals surface area (Å²) in [5.74, 6) is -2.37. The number of halogens is 3. The number of hydrogen-bond acceptors (Lipinski definition) is 5. The Morgan fingerprint density at radius 3 is 2.48 bits per heavy atom. The summed E-state index contributed by atoms with van der Waals surface area (Å²) in [6, 6.07) is 3.96. The molecule has 8 nitrogen and oxygen atoms in total. The van der Waals surface area contributed by atoms with Crippen LogP contribution in [0.25, 0.3) is 0 Å². The predicted molar refractivity (Wildman–Crippen MR) is 96.2 cm³/mol. The quantitative estimate of drug-likeness (QED) is 0.820. The third-order valence-electron chi connectivity index (χ3n) is 4.61. The maximum Gasteiger partial charge on any atom is 0.490 e. The number of rotatable bonds is 4. The average Bonchev–Trinajstić information content (AvgIpc) is 3.35. The van der Waals surface area contributed by atoms with Crippen LogP contribution in [0.2, 0.25) is 0 Å². The third-order valence-corrected chi connectivity index (χ3v) is 4.61. The van der Waals surface area contributed by atoms with E-state index in [4.69, 9.17) is 14.3 Å². The molecule has 1 saturated heterocycles. The Kier molecular flexibility index (Phi) is 7.07. The Labute approximate surface area is 165 Å². The molecule has 1 aliphatic rings. The van der Waals surface area contributed by atoms with Crippen molar-refractivity contribution in [1.82, 2.24) is 19.6 Å². The second kappa shape index (κ2) is 9.12. The van der Waals surface area contributed by atoms with Crippen molar-refractivity contribution < 1.29 is 32.3 Å². The first-order chi connectivity index (χ1) is 13.5. The van der Waals surface area contributed by atoms with E-state index in [0.29, 0.717) is 11.8 Å². The van der Waals surface area contributed by atoms with Crippen molar-refractivity contribution in [3.63, 3.8) is 0 Å². The minimum absolute atomic E-state index is 0.0248. The van der Waals surface area contributed by atoms with E-state index in [0.717, 1.165) is 24.9 Å². The number of carboxylic acids is 1. The summed E-state index contributed by atoms with van der Waals surface area (Å²) >= 11 is 0. The number of alkyl halides is 3. The highest BCUT2D eigenvalue weighted by atomic mass is 19.4. The van der Waals surface area contributed by atoms with Gasteiger partial charge in [0.25, 0.3) is 5.91 Å². The van der Waals surface area contributed by atoms with Gasteiger partial charge in [0.2, 0.25) is 0 Å². The number of carboxylic acid groups (broad SMARTS) is 1. The van der Waals surface area contributed by atoms with Crippen LogP contribution >= 0.6 is 0 Å². The van der Waals surface area contributed by atoms with E-state index in [2.05, 4.69) is 24.1 Å². The molecule has 0 aromatic carbocycles. The van der Waals surface area contributed by atoms with Gasteiger partial charge >= 0.3 is 12.1 Å². The van der Waals surface area contributed by atoms with Crippen molar-refractivity contribution in [2.24, 2.45) is 7.05 Å². The number of amides is 1. The number of furan rings is 1. The second-order valence-corrected chi connectivity index (χ2v) is 6.89. The number of aryl methyl sites for hydroxylation is 1. The minimum atomic E-state index is -5.08. The molecule has 29 heavy (non-hydrogen) atoms. The van der Waals surface area contributed by atoms with Crippen LogP contribution in [0.1, 0.15) is 22.5 Å². The van der Waals surface area contributed by atoms with E-state index in [9.17, 15) is 18.0 Å². The Hall–Kier alpha value is -2.82. The van der Waals surface area contributed by atoms with Crippen molar-refractivity contribution in [1.29, 1.82) is 0 Å². The standard InChI is InChI=1S/C16H22N4O2.C2HF3O2/c1-18(2)13-6-7-20(16(21)15-5-4-8-22-15)14(13)9-12-10-17-19(3)11-12;3-2(4,5)1(6)7/h4-5,8,10-11,13-14H,6-7,9H2,1-3H3;(H,6,7)/t13-,14+;/m1./s1. The first-order valence-electron chi connectivity index (χ1n) is 8.79. The van der Waals surface area contributed by atoms with E-state index in [1.54, 1.807) is 23.1 Å². The largest absolute Gasteiger partial charge is 0.490 e. The zero-order valence-electron chi connectivity index (χ0n) is 16.3. The van der Waals surface area contributed by atoms with E-state index < -0.39 is 12.1 Å². The Balaban J connectivity index is 0.000000370. The van der Waals surface area contributed by atoms with Crippen molar-refractivity contribution in [2.75, 3.05) is 20.6 Å². The van der Waals surface area contributed by atoms with Crippen LogP contribution in [-0.2, 0) is 18.3 Å². The van der Waals surface area contributed by atoms with E-state index >= 15 is 0 Å². The maximum absolute atomic E-state index is 12.7. The van der Waals surface area contributed by atoms with Gasteiger partial charge in [0.1, 0.15) is 0 Å². The van der Waals surface area contributed by atoms with Crippen LogP contribution in [-0.4, -0.2) is 75.5 Å². The minimum Gasteiger partial charge on any atom is -0.475 e. The number of carbonyl (C=O) groups is 2.